The van der Waals surface area contributed by atoms with Gasteiger partial charge in [-0.1, -0.05) is 0 Å². The van der Waals surface area contributed by atoms with Crippen LogP contribution in [0.5, 0.6) is 5.75 Å². The summed E-state index contributed by atoms with van der Waals surface area (Å²) in [6.45, 7) is 1.12. The zero-order chi connectivity index (χ0) is 12.3. The molecule has 1 aliphatic rings. The molecule has 2 rings (SSSR count). The average Bonchev–Trinajstić information content (AvgIpc) is 3.08. The highest BCUT2D eigenvalue weighted by Crippen LogP contribution is 2.22. The van der Waals surface area contributed by atoms with Gasteiger partial charge in [-0.05, 0) is 18.9 Å². The number of halogens is 1. The van der Waals surface area contributed by atoms with Crippen molar-refractivity contribution in [1.82, 2.24) is 5.32 Å². The third kappa shape index (κ3) is 3.39. The number of rotatable bonds is 6. The molecular formula is C11H13FN2O3. The van der Waals surface area contributed by atoms with E-state index in [-0.39, 0.29) is 0 Å². The normalized spacial score (nSPS) is 14.6. The Morgan fingerprint density at radius 2 is 2.29 bits per heavy atom. The molecule has 0 heterocycles. The average molecular weight is 240 g/mol. The first-order chi connectivity index (χ1) is 8.16. The minimum absolute atomic E-state index is 0.311. The van der Waals surface area contributed by atoms with E-state index in [9.17, 15) is 14.5 Å². The van der Waals surface area contributed by atoms with E-state index in [0.717, 1.165) is 12.1 Å². The van der Waals surface area contributed by atoms with E-state index in [4.69, 9.17) is 4.74 Å². The van der Waals surface area contributed by atoms with Crippen molar-refractivity contribution in [2.45, 2.75) is 18.9 Å². The van der Waals surface area contributed by atoms with E-state index < -0.39 is 16.4 Å². The second kappa shape index (κ2) is 5.09. The maximum absolute atomic E-state index is 13.2. The molecule has 1 aromatic rings. The minimum atomic E-state index is -0.873. The summed E-state index contributed by atoms with van der Waals surface area (Å²) in [7, 11) is 0. The fourth-order valence-corrected chi connectivity index (χ4v) is 1.44. The summed E-state index contributed by atoms with van der Waals surface area (Å²) in [5.74, 6) is -0.562. The SMILES string of the molecule is O=[N+]([O-])c1ccc(OCCNC2CC2)cc1F. The predicted molar refractivity (Wildman–Crippen MR) is 59.6 cm³/mol. The number of ether oxygens (including phenoxy) is 1. The van der Waals surface area contributed by atoms with Gasteiger partial charge in [-0.3, -0.25) is 10.1 Å². The van der Waals surface area contributed by atoms with Crippen molar-refractivity contribution in [1.29, 1.82) is 0 Å². The lowest BCUT2D eigenvalue weighted by Crippen LogP contribution is -2.22. The van der Waals surface area contributed by atoms with Crippen LogP contribution in [0.4, 0.5) is 10.1 Å². The number of nitro benzene ring substituents is 1. The van der Waals surface area contributed by atoms with Crippen LogP contribution in [0.25, 0.3) is 0 Å². The number of hydrogen-bond acceptors (Lipinski definition) is 4. The largest absolute Gasteiger partial charge is 0.492 e. The van der Waals surface area contributed by atoms with Crippen molar-refractivity contribution >= 4 is 5.69 Å². The van der Waals surface area contributed by atoms with Crippen molar-refractivity contribution < 1.29 is 14.1 Å². The zero-order valence-electron chi connectivity index (χ0n) is 9.19. The molecule has 6 heteroatoms. The van der Waals surface area contributed by atoms with Crippen LogP contribution in [0.15, 0.2) is 18.2 Å². The van der Waals surface area contributed by atoms with Crippen LogP contribution in [0.2, 0.25) is 0 Å². The standard InChI is InChI=1S/C11H13FN2O3/c12-10-7-9(3-4-11(10)14(15)16)17-6-5-13-8-1-2-8/h3-4,7-8,13H,1-2,5-6H2. The van der Waals surface area contributed by atoms with Gasteiger partial charge in [0.15, 0.2) is 0 Å². The molecular weight excluding hydrogens is 227 g/mol. The van der Waals surface area contributed by atoms with E-state index >= 15 is 0 Å². The third-order valence-electron chi connectivity index (χ3n) is 2.50. The molecule has 17 heavy (non-hydrogen) atoms. The molecule has 0 spiro atoms. The molecule has 1 fully saturated rings. The van der Waals surface area contributed by atoms with Gasteiger partial charge < -0.3 is 10.1 Å². The highest BCUT2D eigenvalue weighted by Gasteiger charge is 2.19. The molecule has 0 atom stereocenters. The first-order valence-electron chi connectivity index (χ1n) is 5.47. The van der Waals surface area contributed by atoms with Gasteiger partial charge >= 0.3 is 5.69 Å². The van der Waals surface area contributed by atoms with E-state index in [1.54, 1.807) is 0 Å². The summed E-state index contributed by atoms with van der Waals surface area (Å²) >= 11 is 0. The van der Waals surface area contributed by atoms with Gasteiger partial charge in [0.1, 0.15) is 12.4 Å². The maximum Gasteiger partial charge on any atom is 0.305 e. The van der Waals surface area contributed by atoms with E-state index in [1.807, 2.05) is 0 Å². The highest BCUT2D eigenvalue weighted by atomic mass is 19.1. The van der Waals surface area contributed by atoms with Crippen molar-refractivity contribution in [3.8, 4) is 5.75 Å². The van der Waals surface area contributed by atoms with Crippen LogP contribution >= 0.6 is 0 Å². The van der Waals surface area contributed by atoms with Crippen molar-refractivity contribution in [2.75, 3.05) is 13.2 Å². The lowest BCUT2D eigenvalue weighted by atomic mass is 10.3. The van der Waals surface area contributed by atoms with Crippen LogP contribution in [-0.4, -0.2) is 24.1 Å². The Kier molecular flexibility index (Phi) is 3.53. The van der Waals surface area contributed by atoms with Gasteiger partial charge in [0.25, 0.3) is 0 Å². The first-order valence-corrected chi connectivity index (χ1v) is 5.47. The highest BCUT2D eigenvalue weighted by molar-refractivity contribution is 5.37. The number of nitrogens with zero attached hydrogens (tertiary/aromatic N) is 1. The third-order valence-corrected chi connectivity index (χ3v) is 2.50. The molecule has 0 saturated heterocycles. The van der Waals surface area contributed by atoms with Crippen molar-refractivity contribution in [2.24, 2.45) is 0 Å². The van der Waals surface area contributed by atoms with Crippen LogP contribution in [0.1, 0.15) is 12.8 Å². The number of hydrogen-bond donors (Lipinski definition) is 1. The quantitative estimate of drug-likeness (QED) is 0.468. The topological polar surface area (TPSA) is 64.4 Å². The molecule has 0 amide bonds. The fourth-order valence-electron chi connectivity index (χ4n) is 1.44. The first kappa shape index (κ1) is 11.8. The summed E-state index contributed by atoms with van der Waals surface area (Å²) in [6, 6.07) is 4.15. The van der Waals surface area contributed by atoms with Gasteiger partial charge in [-0.25, -0.2) is 0 Å². The van der Waals surface area contributed by atoms with Crippen LogP contribution in [0, 0.1) is 15.9 Å². The Morgan fingerprint density at radius 1 is 1.53 bits per heavy atom. The molecule has 1 N–H and O–H groups in total. The van der Waals surface area contributed by atoms with E-state index in [1.165, 1.54) is 18.9 Å². The summed E-state index contributed by atoms with van der Waals surface area (Å²) < 4.78 is 18.5. The molecule has 5 nitrogen and oxygen atoms in total. The second-order valence-electron chi connectivity index (χ2n) is 3.95. The van der Waals surface area contributed by atoms with Crippen LogP contribution < -0.4 is 10.1 Å². The van der Waals surface area contributed by atoms with Gasteiger partial charge in [0.05, 0.1) is 4.92 Å². The number of benzene rings is 1. The lowest BCUT2D eigenvalue weighted by molar-refractivity contribution is -0.387. The molecule has 0 radical (unpaired) electrons. The Morgan fingerprint density at radius 3 is 2.88 bits per heavy atom. The van der Waals surface area contributed by atoms with Gasteiger partial charge in [0.2, 0.25) is 5.82 Å². The maximum atomic E-state index is 13.2. The van der Waals surface area contributed by atoms with E-state index in [0.29, 0.717) is 24.9 Å². The molecule has 1 aromatic carbocycles. The molecule has 0 bridgehead atoms. The second-order valence-corrected chi connectivity index (χ2v) is 3.95. The fraction of sp³-hybridized carbons (Fsp3) is 0.455. The smallest absolute Gasteiger partial charge is 0.305 e. The molecule has 1 aliphatic carbocycles. The van der Waals surface area contributed by atoms with Crippen molar-refractivity contribution in [3.63, 3.8) is 0 Å². The summed E-state index contributed by atoms with van der Waals surface area (Å²) in [5, 5.41) is 13.6. The summed E-state index contributed by atoms with van der Waals surface area (Å²) in [6.07, 6.45) is 2.40. The Labute approximate surface area is 97.7 Å². The minimum Gasteiger partial charge on any atom is -0.492 e. The Bertz CT molecular complexity index is 421. The molecule has 0 aromatic heterocycles. The van der Waals surface area contributed by atoms with Crippen molar-refractivity contribution in [3.05, 3.63) is 34.1 Å². The van der Waals surface area contributed by atoms with Gasteiger partial charge in [-0.15, -0.1) is 0 Å². The van der Waals surface area contributed by atoms with Crippen LogP contribution in [0.3, 0.4) is 0 Å². The van der Waals surface area contributed by atoms with Crippen LogP contribution in [-0.2, 0) is 0 Å². The van der Waals surface area contributed by atoms with Gasteiger partial charge in [0, 0.05) is 24.7 Å². The number of nitrogens with one attached hydrogen (secondary N) is 1. The molecule has 1 saturated carbocycles. The summed E-state index contributed by atoms with van der Waals surface area (Å²) in [4.78, 5) is 9.63. The monoisotopic (exact) mass is 240 g/mol. The molecule has 0 aliphatic heterocycles. The lowest BCUT2D eigenvalue weighted by Gasteiger charge is -2.06. The molecule has 92 valence electrons. The number of nitro groups is 1. The molecule has 0 unspecified atom stereocenters. The Balaban J connectivity index is 1.83. The van der Waals surface area contributed by atoms with Gasteiger partial charge in [-0.2, -0.15) is 4.39 Å². The Hall–Kier alpha value is -1.69. The zero-order valence-corrected chi connectivity index (χ0v) is 9.19. The predicted octanol–water partition coefficient (Wildman–Crippen LogP) is 1.86. The van der Waals surface area contributed by atoms with E-state index in [2.05, 4.69) is 5.32 Å². The summed E-state index contributed by atoms with van der Waals surface area (Å²) in [5.41, 5.74) is -0.534.